The maximum Gasteiger partial charge on any atom is 0.469 e. The van der Waals surface area contributed by atoms with E-state index in [1.54, 1.807) is 37.3 Å². The Morgan fingerprint density at radius 1 is 1.29 bits per heavy atom. The third kappa shape index (κ3) is 4.15. The minimum atomic E-state index is -4.71. The third-order valence-electron chi connectivity index (χ3n) is 4.16. The van der Waals surface area contributed by atoms with Crippen LogP contribution in [0.15, 0.2) is 41.3 Å². The van der Waals surface area contributed by atoms with Crippen molar-refractivity contribution in [2.75, 3.05) is 5.32 Å². The largest absolute Gasteiger partial charge is 0.506 e. The summed E-state index contributed by atoms with van der Waals surface area (Å²) >= 11 is 0. The maximum absolute atomic E-state index is 12.3. The van der Waals surface area contributed by atoms with Crippen molar-refractivity contribution in [1.29, 1.82) is 0 Å². The fraction of sp³-hybridized carbons (Fsp3) is 0.176. The van der Waals surface area contributed by atoms with Gasteiger partial charge in [0.05, 0.1) is 17.8 Å². The molecule has 28 heavy (non-hydrogen) atoms. The number of hydrogen-bond donors (Lipinski definition) is 5. The Balaban J connectivity index is 1.93. The van der Waals surface area contributed by atoms with Gasteiger partial charge in [0.25, 0.3) is 0 Å². The molecular formula is C17H18N3O7P. The lowest BCUT2D eigenvalue weighted by Gasteiger charge is -2.15. The van der Waals surface area contributed by atoms with E-state index in [0.29, 0.717) is 21.3 Å². The highest BCUT2D eigenvalue weighted by atomic mass is 31.2. The van der Waals surface area contributed by atoms with Crippen LogP contribution >= 0.6 is 7.82 Å². The van der Waals surface area contributed by atoms with Crippen LogP contribution in [0.4, 0.5) is 5.69 Å². The van der Waals surface area contributed by atoms with E-state index in [1.165, 1.54) is 6.20 Å². The number of benzene rings is 1. The van der Waals surface area contributed by atoms with Crippen molar-refractivity contribution in [1.82, 2.24) is 9.71 Å². The molecule has 3 rings (SSSR count). The van der Waals surface area contributed by atoms with Crippen molar-refractivity contribution in [3.05, 3.63) is 63.7 Å². The number of aromatic hydroxyl groups is 1. The Hall–Kier alpha value is -2.91. The lowest BCUT2D eigenvalue weighted by Crippen LogP contribution is -2.22. The predicted molar refractivity (Wildman–Crippen MR) is 100 cm³/mol. The molecule has 0 saturated carbocycles. The van der Waals surface area contributed by atoms with Crippen molar-refractivity contribution >= 4 is 24.4 Å². The molecular weight excluding hydrogens is 389 g/mol. The van der Waals surface area contributed by atoms with E-state index < -0.39 is 20.0 Å². The Kier molecular flexibility index (Phi) is 5.39. The first kappa shape index (κ1) is 19.8. The predicted octanol–water partition coefficient (Wildman–Crippen LogP) is 1.87. The second-order valence-electron chi connectivity index (χ2n) is 6.05. The zero-order chi connectivity index (χ0) is 20.5. The van der Waals surface area contributed by atoms with Crippen LogP contribution in [0.3, 0.4) is 0 Å². The molecule has 0 aliphatic carbocycles. The van der Waals surface area contributed by atoms with Gasteiger partial charge >= 0.3 is 13.4 Å². The second-order valence-corrected chi connectivity index (χ2v) is 7.29. The van der Waals surface area contributed by atoms with Gasteiger partial charge in [0.15, 0.2) is 0 Å². The van der Waals surface area contributed by atoms with Gasteiger partial charge in [-0.3, -0.25) is 14.3 Å². The summed E-state index contributed by atoms with van der Waals surface area (Å²) in [4.78, 5) is 34.1. The number of para-hydroxylation sites is 1. The van der Waals surface area contributed by atoms with E-state index in [2.05, 4.69) is 14.8 Å². The summed E-state index contributed by atoms with van der Waals surface area (Å²) in [5.41, 5.74) is 0.544. The molecule has 0 unspecified atom stereocenters. The van der Waals surface area contributed by atoms with E-state index >= 15 is 0 Å². The summed E-state index contributed by atoms with van der Waals surface area (Å²) in [5.74, 6) is -0.190. The molecule has 0 spiro atoms. The highest BCUT2D eigenvalue weighted by molar-refractivity contribution is 7.46. The lowest BCUT2D eigenvalue weighted by atomic mass is 10.1. The summed E-state index contributed by atoms with van der Waals surface area (Å²) in [6, 6.07) is 8.32. The zero-order valence-corrected chi connectivity index (χ0v) is 15.6. The van der Waals surface area contributed by atoms with Gasteiger partial charge in [0, 0.05) is 29.3 Å². The second kappa shape index (κ2) is 7.61. The molecule has 0 amide bonds. The summed E-state index contributed by atoms with van der Waals surface area (Å²) in [6.07, 6.45) is 1.33. The summed E-state index contributed by atoms with van der Waals surface area (Å²) < 4.78 is 16.0. The molecule has 0 bridgehead atoms. The van der Waals surface area contributed by atoms with Gasteiger partial charge < -0.3 is 25.4 Å². The van der Waals surface area contributed by atoms with Crippen LogP contribution in [-0.2, 0) is 22.2 Å². The van der Waals surface area contributed by atoms with Crippen molar-refractivity contribution < 1.29 is 29.2 Å². The normalized spacial score (nSPS) is 11.7. The van der Waals surface area contributed by atoms with Gasteiger partial charge in [-0.25, -0.2) is 4.57 Å². The minimum absolute atomic E-state index is 0.0668. The highest BCUT2D eigenvalue weighted by Gasteiger charge is 2.18. The van der Waals surface area contributed by atoms with Gasteiger partial charge in [-0.15, -0.1) is 4.73 Å². The SMILES string of the molecule is Cc1ncc(COP(=O)(O)O)c(CNc2cc3ccccc3n(O)c2=O)c1O. The first-order valence-electron chi connectivity index (χ1n) is 8.11. The molecule has 2 aromatic heterocycles. The summed E-state index contributed by atoms with van der Waals surface area (Å²) in [5, 5.41) is 23.8. The van der Waals surface area contributed by atoms with Gasteiger partial charge in [0.2, 0.25) is 0 Å². The van der Waals surface area contributed by atoms with E-state index in [-0.39, 0.29) is 29.1 Å². The number of anilines is 1. The fourth-order valence-electron chi connectivity index (χ4n) is 2.71. The number of fused-ring (bicyclic) bond motifs is 1. The van der Waals surface area contributed by atoms with E-state index in [0.717, 1.165) is 0 Å². The smallest absolute Gasteiger partial charge is 0.469 e. The van der Waals surface area contributed by atoms with Crippen LogP contribution in [0.5, 0.6) is 5.75 Å². The maximum atomic E-state index is 12.3. The molecule has 0 atom stereocenters. The number of phosphoric ester groups is 1. The molecule has 5 N–H and O–H groups in total. The molecule has 148 valence electrons. The number of aryl methyl sites for hydroxylation is 1. The third-order valence-corrected chi connectivity index (χ3v) is 4.63. The van der Waals surface area contributed by atoms with Crippen LogP contribution < -0.4 is 10.9 Å². The average Bonchev–Trinajstić information content (AvgIpc) is 2.65. The first-order valence-corrected chi connectivity index (χ1v) is 9.64. The number of nitrogens with zero attached hydrogens (tertiary/aromatic N) is 2. The fourth-order valence-corrected chi connectivity index (χ4v) is 3.02. The van der Waals surface area contributed by atoms with Crippen molar-refractivity contribution in [2.24, 2.45) is 0 Å². The van der Waals surface area contributed by atoms with E-state index in [9.17, 15) is 19.7 Å². The first-order chi connectivity index (χ1) is 13.2. The summed E-state index contributed by atoms with van der Waals surface area (Å²) in [7, 11) is -4.71. The standard InChI is InChI=1S/C17H18N3O7P/c1-10-16(21)13(12(7-18-10)9-27-28(24,25)26)8-19-14-6-11-4-2-3-5-15(11)20(23)17(14)22/h2-7,19,21,23H,8-9H2,1H3,(H2,24,25,26). The van der Waals surface area contributed by atoms with Gasteiger partial charge in [-0.2, -0.15) is 0 Å². The van der Waals surface area contributed by atoms with Crippen LogP contribution in [0.25, 0.3) is 10.9 Å². The Bertz CT molecular complexity index is 1140. The summed E-state index contributed by atoms with van der Waals surface area (Å²) in [6.45, 7) is 1.01. The molecule has 0 saturated heterocycles. The van der Waals surface area contributed by atoms with Crippen molar-refractivity contribution in [3.8, 4) is 5.75 Å². The number of aromatic nitrogens is 2. The number of rotatable bonds is 6. The van der Waals surface area contributed by atoms with Crippen LogP contribution in [0, 0.1) is 6.92 Å². The average molecular weight is 407 g/mol. The lowest BCUT2D eigenvalue weighted by molar-refractivity contribution is 0.187. The zero-order valence-electron chi connectivity index (χ0n) is 14.7. The number of pyridine rings is 2. The number of hydrogen-bond acceptors (Lipinski definition) is 7. The Morgan fingerprint density at radius 3 is 2.71 bits per heavy atom. The molecule has 11 heteroatoms. The Morgan fingerprint density at radius 2 is 2.00 bits per heavy atom. The monoisotopic (exact) mass is 407 g/mol. The molecule has 2 heterocycles. The quantitative estimate of drug-likeness (QED) is 0.304. The highest BCUT2D eigenvalue weighted by Crippen LogP contribution is 2.38. The van der Waals surface area contributed by atoms with Gasteiger partial charge in [-0.1, -0.05) is 18.2 Å². The molecule has 10 nitrogen and oxygen atoms in total. The van der Waals surface area contributed by atoms with Crippen molar-refractivity contribution in [2.45, 2.75) is 20.1 Å². The number of nitrogens with one attached hydrogen (secondary N) is 1. The van der Waals surface area contributed by atoms with E-state index in [1.807, 2.05) is 0 Å². The number of phosphoric acid groups is 1. The topological polar surface area (TPSA) is 154 Å². The van der Waals surface area contributed by atoms with Gasteiger partial charge in [-0.05, 0) is 19.1 Å². The molecule has 0 aliphatic heterocycles. The molecule has 0 fully saturated rings. The van der Waals surface area contributed by atoms with E-state index in [4.69, 9.17) is 9.79 Å². The van der Waals surface area contributed by atoms with Crippen molar-refractivity contribution in [3.63, 3.8) is 0 Å². The molecule has 0 aliphatic rings. The molecule has 1 aromatic carbocycles. The van der Waals surface area contributed by atoms with Crippen LogP contribution in [0.2, 0.25) is 0 Å². The van der Waals surface area contributed by atoms with Crippen LogP contribution in [-0.4, -0.2) is 29.8 Å². The van der Waals surface area contributed by atoms with Crippen LogP contribution in [0.1, 0.15) is 16.8 Å². The molecule has 3 aromatic rings. The molecule has 0 radical (unpaired) electrons. The Labute approximate surface area is 158 Å². The minimum Gasteiger partial charge on any atom is -0.506 e. The van der Waals surface area contributed by atoms with Gasteiger partial charge in [0.1, 0.15) is 11.4 Å².